The first-order valence-electron chi connectivity index (χ1n) is 10.2. The highest BCUT2D eigenvalue weighted by Gasteiger charge is 2.34. The highest BCUT2D eigenvalue weighted by molar-refractivity contribution is 5.85. The normalized spacial score (nSPS) is 24.0. The van der Waals surface area contributed by atoms with E-state index in [1.54, 1.807) is 0 Å². The molecule has 2 aliphatic heterocycles. The first-order chi connectivity index (χ1) is 12.5. The lowest BCUT2D eigenvalue weighted by Gasteiger charge is -2.33. The highest BCUT2D eigenvalue weighted by Crippen LogP contribution is 2.28. The number of carbonyl (C=O) groups is 1. The summed E-state index contributed by atoms with van der Waals surface area (Å²) in [6.45, 7) is 9.48. The molecule has 0 spiro atoms. The predicted molar refractivity (Wildman–Crippen MR) is 114 cm³/mol. The molecule has 1 atom stereocenters. The Balaban J connectivity index is 0.00000261. The molecule has 1 amide bonds. The summed E-state index contributed by atoms with van der Waals surface area (Å²) in [6, 6.07) is 8.90. The largest absolute Gasteiger partial charge is 0.342 e. The summed E-state index contributed by atoms with van der Waals surface area (Å²) >= 11 is 0. The van der Waals surface area contributed by atoms with Crippen LogP contribution in [0.3, 0.4) is 0 Å². The van der Waals surface area contributed by atoms with Gasteiger partial charge in [0, 0.05) is 19.6 Å². The SMILES string of the molecule is Cc1ccc(CCC2CCN(C(=O)CN3CCC(C)(CN)C3)CC2)cc1.Cl. The molecule has 1 aromatic rings. The third-order valence-corrected chi connectivity index (χ3v) is 6.42. The zero-order chi connectivity index (χ0) is 18.6. The number of hydrogen-bond donors (Lipinski definition) is 1. The third kappa shape index (κ3) is 6.20. The van der Waals surface area contributed by atoms with Gasteiger partial charge in [0.1, 0.15) is 0 Å². The van der Waals surface area contributed by atoms with Crippen molar-refractivity contribution in [2.45, 2.75) is 46.0 Å². The standard InChI is InChI=1S/C22H35N3O.ClH/c1-18-3-5-19(6-4-18)7-8-20-9-12-25(13-10-20)21(26)15-24-14-11-22(2,16-23)17-24;/h3-6,20H,7-17,23H2,1-2H3;1H. The summed E-state index contributed by atoms with van der Waals surface area (Å²) in [4.78, 5) is 17.0. The van der Waals surface area contributed by atoms with E-state index in [1.807, 2.05) is 0 Å². The van der Waals surface area contributed by atoms with E-state index in [2.05, 4.69) is 47.9 Å². The highest BCUT2D eigenvalue weighted by atomic mass is 35.5. The monoisotopic (exact) mass is 393 g/mol. The van der Waals surface area contributed by atoms with E-state index in [1.165, 1.54) is 17.5 Å². The molecule has 152 valence electrons. The van der Waals surface area contributed by atoms with Gasteiger partial charge in [-0.2, -0.15) is 0 Å². The average molecular weight is 394 g/mol. The van der Waals surface area contributed by atoms with Crippen molar-refractivity contribution in [2.24, 2.45) is 17.1 Å². The van der Waals surface area contributed by atoms with E-state index in [0.717, 1.165) is 57.8 Å². The van der Waals surface area contributed by atoms with Crippen molar-refractivity contribution in [1.29, 1.82) is 0 Å². The summed E-state index contributed by atoms with van der Waals surface area (Å²) in [5.74, 6) is 1.07. The molecule has 5 heteroatoms. The van der Waals surface area contributed by atoms with Crippen LogP contribution in [0.4, 0.5) is 0 Å². The van der Waals surface area contributed by atoms with Gasteiger partial charge in [0.05, 0.1) is 6.54 Å². The quantitative estimate of drug-likeness (QED) is 0.806. The fraction of sp³-hybridized carbons (Fsp3) is 0.682. The topological polar surface area (TPSA) is 49.6 Å². The number of carbonyl (C=O) groups excluding carboxylic acids is 1. The molecule has 2 heterocycles. The number of amides is 1. The summed E-state index contributed by atoms with van der Waals surface area (Å²) in [5.41, 5.74) is 8.83. The number of likely N-dealkylation sites (tertiary alicyclic amines) is 2. The Hall–Kier alpha value is -1.10. The van der Waals surface area contributed by atoms with Crippen LogP contribution in [0.15, 0.2) is 24.3 Å². The number of nitrogens with zero attached hydrogens (tertiary/aromatic N) is 2. The van der Waals surface area contributed by atoms with Gasteiger partial charge in [0.25, 0.3) is 0 Å². The molecule has 3 rings (SSSR count). The number of benzene rings is 1. The molecule has 0 bridgehead atoms. The van der Waals surface area contributed by atoms with E-state index in [4.69, 9.17) is 5.73 Å². The van der Waals surface area contributed by atoms with E-state index in [0.29, 0.717) is 19.0 Å². The number of piperidine rings is 1. The lowest BCUT2D eigenvalue weighted by Crippen LogP contribution is -2.44. The van der Waals surface area contributed by atoms with E-state index < -0.39 is 0 Å². The van der Waals surface area contributed by atoms with Gasteiger partial charge in [0.2, 0.25) is 5.91 Å². The second-order valence-electron chi connectivity index (χ2n) is 8.82. The Kier molecular flexibility index (Phi) is 8.14. The number of halogens is 1. The second-order valence-corrected chi connectivity index (χ2v) is 8.82. The van der Waals surface area contributed by atoms with Crippen LogP contribution in [0.2, 0.25) is 0 Å². The zero-order valence-corrected chi connectivity index (χ0v) is 17.8. The minimum Gasteiger partial charge on any atom is -0.342 e. The Morgan fingerprint density at radius 2 is 1.85 bits per heavy atom. The van der Waals surface area contributed by atoms with Crippen molar-refractivity contribution in [3.63, 3.8) is 0 Å². The van der Waals surface area contributed by atoms with Crippen LogP contribution >= 0.6 is 12.4 Å². The van der Waals surface area contributed by atoms with Crippen molar-refractivity contribution >= 4 is 18.3 Å². The maximum Gasteiger partial charge on any atom is 0.236 e. The van der Waals surface area contributed by atoms with E-state index in [-0.39, 0.29) is 17.8 Å². The summed E-state index contributed by atoms with van der Waals surface area (Å²) < 4.78 is 0. The lowest BCUT2D eigenvalue weighted by atomic mass is 9.90. The van der Waals surface area contributed by atoms with Crippen molar-refractivity contribution in [2.75, 3.05) is 39.3 Å². The number of rotatable bonds is 6. The number of aryl methyl sites for hydroxylation is 2. The molecule has 2 fully saturated rings. The average Bonchev–Trinajstić information content (AvgIpc) is 3.03. The molecular formula is C22H36ClN3O. The molecule has 0 aliphatic carbocycles. The Bertz CT molecular complexity index is 598. The van der Waals surface area contributed by atoms with Crippen molar-refractivity contribution < 1.29 is 4.79 Å². The smallest absolute Gasteiger partial charge is 0.236 e. The van der Waals surface area contributed by atoms with Crippen molar-refractivity contribution in [3.05, 3.63) is 35.4 Å². The van der Waals surface area contributed by atoms with Gasteiger partial charge >= 0.3 is 0 Å². The van der Waals surface area contributed by atoms with Crippen molar-refractivity contribution in [1.82, 2.24) is 9.80 Å². The molecule has 0 aromatic heterocycles. The minimum absolute atomic E-state index is 0. The van der Waals surface area contributed by atoms with Crippen LogP contribution < -0.4 is 5.73 Å². The maximum absolute atomic E-state index is 12.6. The Labute approximate surface area is 170 Å². The van der Waals surface area contributed by atoms with Gasteiger partial charge in [-0.05, 0) is 69.0 Å². The summed E-state index contributed by atoms with van der Waals surface area (Å²) in [6.07, 6.45) is 5.81. The fourth-order valence-electron chi connectivity index (χ4n) is 4.32. The number of hydrogen-bond acceptors (Lipinski definition) is 3. The van der Waals surface area contributed by atoms with Crippen LogP contribution in [0.25, 0.3) is 0 Å². The molecule has 27 heavy (non-hydrogen) atoms. The molecule has 4 nitrogen and oxygen atoms in total. The Morgan fingerprint density at radius 1 is 1.19 bits per heavy atom. The van der Waals surface area contributed by atoms with Gasteiger partial charge in [0.15, 0.2) is 0 Å². The first kappa shape index (κ1) is 22.2. The number of nitrogens with two attached hydrogens (primary N) is 1. The first-order valence-corrected chi connectivity index (χ1v) is 10.2. The summed E-state index contributed by atoms with van der Waals surface area (Å²) in [7, 11) is 0. The van der Waals surface area contributed by atoms with Gasteiger partial charge in [-0.15, -0.1) is 12.4 Å². The van der Waals surface area contributed by atoms with E-state index >= 15 is 0 Å². The molecule has 1 aromatic carbocycles. The Morgan fingerprint density at radius 3 is 2.44 bits per heavy atom. The van der Waals surface area contributed by atoms with Crippen LogP contribution in [0, 0.1) is 18.3 Å². The third-order valence-electron chi connectivity index (χ3n) is 6.42. The molecule has 0 saturated carbocycles. The van der Waals surface area contributed by atoms with Crippen molar-refractivity contribution in [3.8, 4) is 0 Å². The lowest BCUT2D eigenvalue weighted by molar-refractivity contribution is -0.133. The zero-order valence-electron chi connectivity index (χ0n) is 17.0. The molecule has 1 unspecified atom stereocenters. The molecule has 2 aliphatic rings. The minimum atomic E-state index is 0. The van der Waals surface area contributed by atoms with Gasteiger partial charge in [-0.3, -0.25) is 9.69 Å². The van der Waals surface area contributed by atoms with Crippen LogP contribution in [-0.4, -0.2) is 55.0 Å². The van der Waals surface area contributed by atoms with E-state index in [9.17, 15) is 4.79 Å². The molecule has 2 N–H and O–H groups in total. The second kappa shape index (κ2) is 9.90. The maximum atomic E-state index is 12.6. The molecule has 2 saturated heterocycles. The fourth-order valence-corrected chi connectivity index (χ4v) is 4.32. The van der Waals surface area contributed by atoms with Gasteiger partial charge in [-0.1, -0.05) is 36.8 Å². The summed E-state index contributed by atoms with van der Waals surface area (Å²) in [5, 5.41) is 0. The van der Waals surface area contributed by atoms with Gasteiger partial charge in [-0.25, -0.2) is 0 Å². The van der Waals surface area contributed by atoms with Crippen LogP contribution in [0.5, 0.6) is 0 Å². The molecular weight excluding hydrogens is 358 g/mol. The molecule has 0 radical (unpaired) electrons. The van der Waals surface area contributed by atoms with Crippen LogP contribution in [-0.2, 0) is 11.2 Å². The predicted octanol–water partition coefficient (Wildman–Crippen LogP) is 3.26. The van der Waals surface area contributed by atoms with Gasteiger partial charge < -0.3 is 10.6 Å². The van der Waals surface area contributed by atoms with Crippen LogP contribution in [0.1, 0.15) is 43.7 Å².